The predicted octanol–water partition coefficient (Wildman–Crippen LogP) is 1.72. The summed E-state index contributed by atoms with van der Waals surface area (Å²) < 4.78 is 1.57. The number of aromatic nitrogens is 3. The number of hydrogen-bond donors (Lipinski definition) is 1. The summed E-state index contributed by atoms with van der Waals surface area (Å²) in [6, 6.07) is 4.19. The molecule has 7 heteroatoms. The van der Waals surface area contributed by atoms with E-state index in [1.165, 1.54) is 4.88 Å². The Hall–Kier alpha value is -1.73. The number of carbonyl (C=O) groups excluding carboxylic acids is 1. The molecule has 2 aromatic heterocycles. The maximum atomic E-state index is 12.5. The minimum absolute atomic E-state index is 0.0898. The molecule has 2 atom stereocenters. The first-order chi connectivity index (χ1) is 10.1. The standard InChI is InChI=1S/C14H19N5OS/c1-10(15)11-8-18(17-16-11)9-14(20)19-6-2-4-12(19)13-5-3-7-21-13/h3,5,7-8,10,12H,2,4,6,9,15H2,1H3. The maximum absolute atomic E-state index is 12.5. The van der Waals surface area contributed by atoms with Crippen LogP contribution in [0.5, 0.6) is 0 Å². The number of amides is 1. The second-order valence-corrected chi connectivity index (χ2v) is 6.37. The van der Waals surface area contributed by atoms with Crippen LogP contribution < -0.4 is 5.73 Å². The molecule has 1 aliphatic rings. The first-order valence-electron chi connectivity index (χ1n) is 7.13. The van der Waals surface area contributed by atoms with Crippen LogP contribution in [0.1, 0.15) is 42.4 Å². The van der Waals surface area contributed by atoms with Gasteiger partial charge in [-0.2, -0.15) is 0 Å². The summed E-state index contributed by atoms with van der Waals surface area (Å²) in [6.45, 7) is 2.89. The van der Waals surface area contributed by atoms with Gasteiger partial charge in [-0.15, -0.1) is 16.4 Å². The molecule has 2 aromatic rings. The Morgan fingerprint density at radius 3 is 3.14 bits per heavy atom. The number of hydrogen-bond acceptors (Lipinski definition) is 5. The van der Waals surface area contributed by atoms with E-state index in [1.54, 1.807) is 22.2 Å². The Balaban J connectivity index is 1.69. The van der Waals surface area contributed by atoms with Gasteiger partial charge in [-0.25, -0.2) is 4.68 Å². The highest BCUT2D eigenvalue weighted by Gasteiger charge is 2.30. The van der Waals surface area contributed by atoms with Crippen LogP contribution in [0, 0.1) is 0 Å². The Bertz CT molecular complexity index is 607. The van der Waals surface area contributed by atoms with Gasteiger partial charge < -0.3 is 10.6 Å². The van der Waals surface area contributed by atoms with E-state index in [1.807, 2.05) is 17.9 Å². The van der Waals surface area contributed by atoms with E-state index in [4.69, 9.17) is 5.73 Å². The van der Waals surface area contributed by atoms with Gasteiger partial charge in [0.05, 0.1) is 17.9 Å². The molecule has 0 radical (unpaired) electrons. The first-order valence-corrected chi connectivity index (χ1v) is 8.01. The number of rotatable bonds is 4. The smallest absolute Gasteiger partial charge is 0.244 e. The van der Waals surface area contributed by atoms with Crippen molar-refractivity contribution in [1.29, 1.82) is 0 Å². The lowest BCUT2D eigenvalue weighted by atomic mass is 10.2. The molecular weight excluding hydrogens is 286 g/mol. The molecule has 0 aromatic carbocycles. The summed E-state index contributed by atoms with van der Waals surface area (Å²) >= 11 is 1.71. The van der Waals surface area contributed by atoms with Crippen LogP contribution in [-0.2, 0) is 11.3 Å². The molecule has 1 saturated heterocycles. The first kappa shape index (κ1) is 14.2. The summed E-state index contributed by atoms with van der Waals surface area (Å²) in [5, 5.41) is 10.0. The van der Waals surface area contributed by atoms with Crippen LogP contribution in [0.2, 0.25) is 0 Å². The zero-order valence-corrected chi connectivity index (χ0v) is 12.8. The molecule has 0 bridgehead atoms. The van der Waals surface area contributed by atoms with Crippen molar-refractivity contribution in [3.8, 4) is 0 Å². The number of carbonyl (C=O) groups is 1. The SMILES string of the molecule is CC(N)c1cn(CC(=O)N2CCCC2c2cccs2)nn1. The highest BCUT2D eigenvalue weighted by atomic mass is 32.1. The molecule has 3 heterocycles. The molecule has 21 heavy (non-hydrogen) atoms. The average molecular weight is 305 g/mol. The third-order valence-corrected chi connectivity index (χ3v) is 4.74. The van der Waals surface area contributed by atoms with Crippen molar-refractivity contribution in [2.24, 2.45) is 5.73 Å². The summed E-state index contributed by atoms with van der Waals surface area (Å²) in [4.78, 5) is 15.7. The molecule has 1 amide bonds. The van der Waals surface area contributed by atoms with Crippen LogP contribution in [0.25, 0.3) is 0 Å². The van der Waals surface area contributed by atoms with Gasteiger partial charge in [0, 0.05) is 17.5 Å². The molecule has 112 valence electrons. The highest BCUT2D eigenvalue weighted by molar-refractivity contribution is 7.10. The van der Waals surface area contributed by atoms with Crippen molar-refractivity contribution in [2.45, 2.75) is 38.4 Å². The second-order valence-electron chi connectivity index (χ2n) is 5.39. The molecular formula is C14H19N5OS. The van der Waals surface area contributed by atoms with Crippen LogP contribution in [0.15, 0.2) is 23.7 Å². The van der Waals surface area contributed by atoms with E-state index < -0.39 is 0 Å². The fourth-order valence-corrected chi connectivity index (χ4v) is 3.54. The average Bonchev–Trinajstić information content (AvgIpc) is 3.19. The number of likely N-dealkylation sites (tertiary alicyclic amines) is 1. The zero-order chi connectivity index (χ0) is 14.8. The topological polar surface area (TPSA) is 77.0 Å². The second kappa shape index (κ2) is 5.95. The van der Waals surface area contributed by atoms with Crippen molar-refractivity contribution in [2.75, 3.05) is 6.54 Å². The minimum atomic E-state index is -0.167. The van der Waals surface area contributed by atoms with E-state index in [2.05, 4.69) is 21.8 Å². The molecule has 0 saturated carbocycles. The van der Waals surface area contributed by atoms with Gasteiger partial charge in [0.2, 0.25) is 5.91 Å². The van der Waals surface area contributed by atoms with Crippen LogP contribution in [-0.4, -0.2) is 32.3 Å². The van der Waals surface area contributed by atoms with Gasteiger partial charge in [0.15, 0.2) is 0 Å². The van der Waals surface area contributed by atoms with Crippen LogP contribution in [0.4, 0.5) is 0 Å². The van der Waals surface area contributed by atoms with E-state index >= 15 is 0 Å². The Morgan fingerprint density at radius 2 is 2.48 bits per heavy atom. The normalized spacial score (nSPS) is 19.9. The van der Waals surface area contributed by atoms with Gasteiger partial charge >= 0.3 is 0 Å². The van der Waals surface area contributed by atoms with E-state index in [0.717, 1.165) is 19.4 Å². The van der Waals surface area contributed by atoms with Gasteiger partial charge in [0.1, 0.15) is 6.54 Å². The van der Waals surface area contributed by atoms with Gasteiger partial charge in [-0.1, -0.05) is 11.3 Å². The third-order valence-electron chi connectivity index (χ3n) is 3.76. The summed E-state index contributed by atoms with van der Waals surface area (Å²) in [6.07, 6.45) is 3.84. The van der Waals surface area contributed by atoms with E-state index in [-0.39, 0.29) is 24.5 Å². The van der Waals surface area contributed by atoms with E-state index in [0.29, 0.717) is 5.69 Å². The maximum Gasteiger partial charge on any atom is 0.244 e. The molecule has 0 aliphatic carbocycles. The van der Waals surface area contributed by atoms with Crippen molar-refractivity contribution in [1.82, 2.24) is 19.9 Å². The molecule has 2 unspecified atom stereocenters. The molecule has 0 spiro atoms. The fraction of sp³-hybridized carbons (Fsp3) is 0.500. The molecule has 1 aliphatic heterocycles. The summed E-state index contributed by atoms with van der Waals surface area (Å²) in [5.41, 5.74) is 6.46. The van der Waals surface area contributed by atoms with Gasteiger partial charge in [-0.05, 0) is 31.2 Å². The van der Waals surface area contributed by atoms with Crippen molar-refractivity contribution < 1.29 is 4.79 Å². The van der Waals surface area contributed by atoms with Crippen molar-refractivity contribution >= 4 is 17.2 Å². The molecule has 2 N–H and O–H groups in total. The lowest BCUT2D eigenvalue weighted by molar-refractivity contribution is -0.132. The third kappa shape index (κ3) is 2.98. The predicted molar refractivity (Wildman–Crippen MR) is 80.6 cm³/mol. The lowest BCUT2D eigenvalue weighted by Gasteiger charge is -2.23. The Kier molecular flexibility index (Phi) is 4.03. The Morgan fingerprint density at radius 1 is 1.62 bits per heavy atom. The molecule has 3 rings (SSSR count). The largest absolute Gasteiger partial charge is 0.333 e. The lowest BCUT2D eigenvalue weighted by Crippen LogP contribution is -2.33. The zero-order valence-electron chi connectivity index (χ0n) is 12.0. The quantitative estimate of drug-likeness (QED) is 0.933. The van der Waals surface area contributed by atoms with Gasteiger partial charge in [-0.3, -0.25) is 4.79 Å². The summed E-state index contributed by atoms with van der Waals surface area (Å²) in [5.74, 6) is 0.0898. The fourth-order valence-electron chi connectivity index (χ4n) is 2.67. The molecule has 6 nitrogen and oxygen atoms in total. The van der Waals surface area contributed by atoms with Crippen molar-refractivity contribution in [3.05, 3.63) is 34.3 Å². The number of nitrogens with two attached hydrogens (primary N) is 1. The number of thiophene rings is 1. The number of nitrogens with zero attached hydrogens (tertiary/aromatic N) is 4. The Labute approximate surface area is 127 Å². The van der Waals surface area contributed by atoms with E-state index in [9.17, 15) is 4.79 Å². The van der Waals surface area contributed by atoms with Crippen LogP contribution in [0.3, 0.4) is 0 Å². The summed E-state index contributed by atoms with van der Waals surface area (Å²) in [7, 11) is 0. The highest BCUT2D eigenvalue weighted by Crippen LogP contribution is 2.34. The van der Waals surface area contributed by atoms with Gasteiger partial charge in [0.25, 0.3) is 0 Å². The minimum Gasteiger partial charge on any atom is -0.333 e. The molecule has 1 fully saturated rings. The van der Waals surface area contributed by atoms with Crippen LogP contribution >= 0.6 is 11.3 Å². The van der Waals surface area contributed by atoms with Crippen molar-refractivity contribution in [3.63, 3.8) is 0 Å². The monoisotopic (exact) mass is 305 g/mol.